The highest BCUT2D eigenvalue weighted by atomic mass is 16.3. The lowest BCUT2D eigenvalue weighted by Crippen LogP contribution is -2.22. The Morgan fingerprint density at radius 1 is 1.22 bits per heavy atom. The Labute approximate surface area is 132 Å². The summed E-state index contributed by atoms with van der Waals surface area (Å²) < 4.78 is 1.61. The topological polar surface area (TPSA) is 102 Å². The molecule has 0 amide bonds. The number of rotatable bonds is 3. The fourth-order valence-electron chi connectivity index (χ4n) is 2.96. The maximum atomic E-state index is 10.3. The van der Waals surface area contributed by atoms with Gasteiger partial charge in [0, 0.05) is 24.9 Å². The molecule has 2 heterocycles. The van der Waals surface area contributed by atoms with Gasteiger partial charge in [-0.2, -0.15) is 15.1 Å². The van der Waals surface area contributed by atoms with E-state index in [0.717, 1.165) is 11.1 Å². The van der Waals surface area contributed by atoms with Gasteiger partial charge in [-0.1, -0.05) is 24.3 Å². The zero-order valence-electron chi connectivity index (χ0n) is 12.3. The van der Waals surface area contributed by atoms with Crippen LogP contribution in [0.1, 0.15) is 17.2 Å². The van der Waals surface area contributed by atoms with E-state index in [4.69, 9.17) is 5.73 Å². The van der Waals surface area contributed by atoms with Crippen LogP contribution in [-0.2, 0) is 6.42 Å². The van der Waals surface area contributed by atoms with Crippen molar-refractivity contribution in [2.24, 2.45) is 0 Å². The second-order valence-corrected chi connectivity index (χ2v) is 5.51. The van der Waals surface area contributed by atoms with Crippen molar-refractivity contribution in [3.8, 4) is 5.82 Å². The molecular weight excluding hydrogens is 292 g/mol. The molecule has 0 bridgehead atoms. The number of nitrogens with two attached hydrogens (primary N) is 1. The SMILES string of the molecule is Nc1nc(N[C@H]2c3ccccc3C[C@H]2O)cc(-n2cccn2)n1. The second kappa shape index (κ2) is 5.36. The van der Waals surface area contributed by atoms with Crippen molar-refractivity contribution < 1.29 is 5.11 Å². The number of hydrogen-bond acceptors (Lipinski definition) is 6. The third-order valence-corrected chi connectivity index (χ3v) is 3.98. The van der Waals surface area contributed by atoms with E-state index in [1.807, 2.05) is 30.3 Å². The highest BCUT2D eigenvalue weighted by Crippen LogP contribution is 2.33. The van der Waals surface area contributed by atoms with E-state index < -0.39 is 6.10 Å². The fraction of sp³-hybridized carbons (Fsp3) is 0.188. The first-order valence-electron chi connectivity index (χ1n) is 7.38. The van der Waals surface area contributed by atoms with E-state index >= 15 is 0 Å². The molecule has 2 aromatic heterocycles. The van der Waals surface area contributed by atoms with Crippen molar-refractivity contribution in [2.75, 3.05) is 11.1 Å². The Balaban J connectivity index is 1.67. The summed E-state index contributed by atoms with van der Waals surface area (Å²) in [6.45, 7) is 0. The van der Waals surface area contributed by atoms with E-state index in [0.29, 0.717) is 18.1 Å². The van der Waals surface area contributed by atoms with Gasteiger partial charge in [-0.15, -0.1) is 0 Å². The number of aliphatic hydroxyl groups excluding tert-OH is 1. The highest BCUT2D eigenvalue weighted by Gasteiger charge is 2.31. The number of anilines is 2. The first kappa shape index (κ1) is 13.7. The number of benzene rings is 1. The maximum absolute atomic E-state index is 10.3. The van der Waals surface area contributed by atoms with Gasteiger partial charge in [-0.25, -0.2) is 4.68 Å². The van der Waals surface area contributed by atoms with Gasteiger partial charge in [0.15, 0.2) is 5.82 Å². The van der Waals surface area contributed by atoms with Crippen molar-refractivity contribution >= 4 is 11.8 Å². The Hall–Kier alpha value is -2.93. The van der Waals surface area contributed by atoms with Crippen LogP contribution in [-0.4, -0.2) is 31.0 Å². The van der Waals surface area contributed by atoms with Crippen LogP contribution >= 0.6 is 0 Å². The summed E-state index contributed by atoms with van der Waals surface area (Å²) in [6, 6.07) is 11.3. The number of hydrogen-bond donors (Lipinski definition) is 3. The zero-order chi connectivity index (χ0) is 15.8. The lowest BCUT2D eigenvalue weighted by atomic mass is 10.1. The minimum atomic E-state index is -0.503. The predicted molar refractivity (Wildman–Crippen MR) is 86.1 cm³/mol. The fourth-order valence-corrected chi connectivity index (χ4v) is 2.96. The molecule has 0 spiro atoms. The molecule has 3 aromatic rings. The normalized spacial score (nSPS) is 19.5. The number of nitrogen functional groups attached to an aromatic ring is 1. The third-order valence-electron chi connectivity index (χ3n) is 3.98. The smallest absolute Gasteiger partial charge is 0.224 e. The number of fused-ring (bicyclic) bond motifs is 1. The summed E-state index contributed by atoms with van der Waals surface area (Å²) in [5.74, 6) is 1.29. The van der Waals surface area contributed by atoms with Gasteiger partial charge in [0.25, 0.3) is 0 Å². The monoisotopic (exact) mass is 308 g/mol. The van der Waals surface area contributed by atoms with E-state index in [-0.39, 0.29) is 12.0 Å². The van der Waals surface area contributed by atoms with E-state index in [1.165, 1.54) is 0 Å². The van der Waals surface area contributed by atoms with Crippen molar-refractivity contribution in [3.63, 3.8) is 0 Å². The summed E-state index contributed by atoms with van der Waals surface area (Å²) in [6.07, 6.45) is 3.57. The van der Waals surface area contributed by atoms with Crippen LogP contribution in [0.3, 0.4) is 0 Å². The minimum Gasteiger partial charge on any atom is -0.390 e. The van der Waals surface area contributed by atoms with Gasteiger partial charge in [0.05, 0.1) is 12.1 Å². The summed E-state index contributed by atoms with van der Waals surface area (Å²) >= 11 is 0. The minimum absolute atomic E-state index is 0.154. The Morgan fingerprint density at radius 2 is 2.09 bits per heavy atom. The molecule has 7 nitrogen and oxygen atoms in total. The van der Waals surface area contributed by atoms with Crippen LogP contribution in [0.15, 0.2) is 48.8 Å². The molecule has 0 unspecified atom stereocenters. The molecule has 4 N–H and O–H groups in total. The Morgan fingerprint density at radius 3 is 2.91 bits per heavy atom. The lowest BCUT2D eigenvalue weighted by molar-refractivity contribution is 0.165. The first-order chi connectivity index (χ1) is 11.2. The van der Waals surface area contributed by atoms with Crippen LogP contribution in [0, 0.1) is 0 Å². The molecule has 2 atom stereocenters. The van der Waals surface area contributed by atoms with Crippen molar-refractivity contribution in [1.29, 1.82) is 0 Å². The molecule has 4 rings (SSSR count). The largest absolute Gasteiger partial charge is 0.390 e. The summed E-state index contributed by atoms with van der Waals surface area (Å²) in [7, 11) is 0. The first-order valence-corrected chi connectivity index (χ1v) is 7.38. The molecule has 0 saturated carbocycles. The Bertz CT molecular complexity index is 832. The standard InChI is InChI=1S/C16H16N6O/c17-16-20-13(9-14(21-16)22-7-3-6-18-22)19-15-11-5-2-1-4-10(11)8-12(15)23/h1-7,9,12,15,23H,8H2,(H3,17,19,20,21)/t12-,15+/m1/s1. The molecule has 116 valence electrons. The van der Waals surface area contributed by atoms with Crippen molar-refractivity contribution in [1.82, 2.24) is 19.7 Å². The summed E-state index contributed by atoms with van der Waals surface area (Å²) in [4.78, 5) is 8.40. The maximum Gasteiger partial charge on any atom is 0.224 e. The summed E-state index contributed by atoms with van der Waals surface area (Å²) in [5.41, 5.74) is 8.03. The van der Waals surface area contributed by atoms with Crippen molar-refractivity contribution in [2.45, 2.75) is 18.6 Å². The van der Waals surface area contributed by atoms with Crippen LogP contribution in [0.5, 0.6) is 0 Å². The molecule has 0 radical (unpaired) electrons. The number of aromatic nitrogens is 4. The average Bonchev–Trinajstić information content (AvgIpc) is 3.16. The second-order valence-electron chi connectivity index (χ2n) is 5.51. The Kier molecular flexibility index (Phi) is 3.20. The van der Waals surface area contributed by atoms with Gasteiger partial charge in [0.2, 0.25) is 5.95 Å². The van der Waals surface area contributed by atoms with Crippen molar-refractivity contribution in [3.05, 3.63) is 59.9 Å². The van der Waals surface area contributed by atoms with Crippen LogP contribution in [0.25, 0.3) is 5.82 Å². The molecule has 1 aromatic carbocycles. The molecule has 0 aliphatic heterocycles. The molecular formula is C16H16N6O. The zero-order valence-corrected chi connectivity index (χ0v) is 12.3. The summed E-state index contributed by atoms with van der Waals surface area (Å²) in [5, 5.41) is 17.8. The van der Waals surface area contributed by atoms with Crippen LogP contribution in [0.2, 0.25) is 0 Å². The van der Waals surface area contributed by atoms with Gasteiger partial charge < -0.3 is 16.2 Å². The number of aliphatic hydroxyl groups is 1. The quantitative estimate of drug-likeness (QED) is 0.674. The van der Waals surface area contributed by atoms with Crippen LogP contribution < -0.4 is 11.1 Å². The highest BCUT2D eigenvalue weighted by molar-refractivity contribution is 5.50. The molecule has 0 saturated heterocycles. The number of nitrogens with zero attached hydrogens (tertiary/aromatic N) is 4. The lowest BCUT2D eigenvalue weighted by Gasteiger charge is -2.19. The van der Waals surface area contributed by atoms with Crippen LogP contribution in [0.4, 0.5) is 11.8 Å². The van der Waals surface area contributed by atoms with Gasteiger partial charge in [-0.05, 0) is 17.2 Å². The van der Waals surface area contributed by atoms with E-state index in [2.05, 4.69) is 20.4 Å². The van der Waals surface area contributed by atoms with Gasteiger partial charge in [-0.3, -0.25) is 0 Å². The molecule has 1 aliphatic carbocycles. The molecule has 7 heteroatoms. The van der Waals surface area contributed by atoms with E-state index in [9.17, 15) is 5.11 Å². The van der Waals surface area contributed by atoms with E-state index in [1.54, 1.807) is 23.1 Å². The third kappa shape index (κ3) is 2.51. The number of nitrogens with one attached hydrogen (secondary N) is 1. The molecule has 0 fully saturated rings. The predicted octanol–water partition coefficient (Wildman–Crippen LogP) is 1.31. The van der Waals surface area contributed by atoms with Gasteiger partial charge in [0.1, 0.15) is 5.82 Å². The molecule has 23 heavy (non-hydrogen) atoms. The van der Waals surface area contributed by atoms with Gasteiger partial charge >= 0.3 is 0 Å². The average molecular weight is 308 g/mol. The molecule has 1 aliphatic rings.